The van der Waals surface area contributed by atoms with Crippen molar-refractivity contribution >= 4 is 46.7 Å². The van der Waals surface area contributed by atoms with E-state index in [2.05, 4.69) is 0 Å². The summed E-state index contributed by atoms with van der Waals surface area (Å²) in [6, 6.07) is 9.34. The molecule has 0 amide bonds. The fourth-order valence-electron chi connectivity index (χ4n) is 2.15. The highest BCUT2D eigenvalue weighted by Gasteiger charge is 2.20. The van der Waals surface area contributed by atoms with Crippen LogP contribution >= 0.6 is 34.8 Å². The highest BCUT2D eigenvalue weighted by molar-refractivity contribution is 6.39. The van der Waals surface area contributed by atoms with Crippen molar-refractivity contribution in [3.8, 4) is 0 Å². The lowest BCUT2D eigenvalue weighted by atomic mass is 10.1. The van der Waals surface area contributed by atoms with Crippen LogP contribution in [0.3, 0.4) is 0 Å². The Morgan fingerprint density at radius 1 is 0.923 bits per heavy atom. The van der Waals surface area contributed by atoms with Crippen molar-refractivity contribution in [2.45, 2.75) is 26.4 Å². The second-order valence-electron chi connectivity index (χ2n) is 5.46. The number of halogens is 3. The zero-order valence-electron chi connectivity index (χ0n) is 14.1. The Balaban J connectivity index is 2.12. The molecule has 0 saturated heterocycles. The van der Waals surface area contributed by atoms with Gasteiger partial charge in [-0.15, -0.1) is 0 Å². The van der Waals surface area contributed by atoms with Gasteiger partial charge in [0.1, 0.15) is 6.61 Å². The first kappa shape index (κ1) is 20.6. The predicted octanol–water partition coefficient (Wildman–Crippen LogP) is 5.96. The number of carbonyl (C=O) groups excluding carboxylic acids is 2. The Morgan fingerprint density at radius 3 is 2.00 bits per heavy atom. The van der Waals surface area contributed by atoms with Crippen LogP contribution in [0.1, 0.15) is 46.0 Å². The van der Waals surface area contributed by atoms with E-state index in [9.17, 15) is 9.59 Å². The quantitative estimate of drug-likeness (QED) is 0.413. The van der Waals surface area contributed by atoms with E-state index >= 15 is 0 Å². The van der Waals surface area contributed by atoms with Gasteiger partial charge >= 0.3 is 11.9 Å². The van der Waals surface area contributed by atoms with E-state index in [1.54, 1.807) is 12.1 Å². The predicted molar refractivity (Wildman–Crippen MR) is 102 cm³/mol. The number of rotatable bonds is 7. The minimum atomic E-state index is -0.671. The maximum Gasteiger partial charge on any atom is 0.339 e. The summed E-state index contributed by atoms with van der Waals surface area (Å²) in [6.45, 7) is 2.15. The van der Waals surface area contributed by atoms with Crippen LogP contribution in [-0.2, 0) is 16.1 Å². The van der Waals surface area contributed by atoms with Crippen LogP contribution in [0.15, 0.2) is 36.4 Å². The molecule has 0 saturated carbocycles. The van der Waals surface area contributed by atoms with Crippen molar-refractivity contribution in [1.82, 2.24) is 0 Å². The Bertz CT molecular complexity index is 782. The lowest BCUT2D eigenvalue weighted by Gasteiger charge is -2.11. The topological polar surface area (TPSA) is 52.6 Å². The highest BCUT2D eigenvalue weighted by Crippen LogP contribution is 2.29. The Morgan fingerprint density at radius 2 is 1.46 bits per heavy atom. The molecule has 0 unspecified atom stereocenters. The monoisotopic (exact) mass is 414 g/mol. The molecule has 0 spiro atoms. The van der Waals surface area contributed by atoms with Gasteiger partial charge in [0, 0.05) is 10.6 Å². The van der Waals surface area contributed by atoms with Crippen molar-refractivity contribution < 1.29 is 19.1 Å². The van der Waals surface area contributed by atoms with E-state index < -0.39 is 11.9 Å². The summed E-state index contributed by atoms with van der Waals surface area (Å²) in [5, 5.41) is 0.973. The number of benzene rings is 2. The molecular formula is C19H17Cl3O4. The number of hydrogen-bond donors (Lipinski definition) is 0. The van der Waals surface area contributed by atoms with Crippen molar-refractivity contribution in [3.63, 3.8) is 0 Å². The van der Waals surface area contributed by atoms with Gasteiger partial charge in [-0.2, -0.15) is 0 Å². The van der Waals surface area contributed by atoms with Gasteiger partial charge in [-0.1, -0.05) is 60.3 Å². The van der Waals surface area contributed by atoms with Crippen LogP contribution in [-0.4, -0.2) is 18.5 Å². The van der Waals surface area contributed by atoms with Gasteiger partial charge in [0.2, 0.25) is 0 Å². The fraction of sp³-hybridized carbons (Fsp3) is 0.263. The smallest absolute Gasteiger partial charge is 0.339 e. The number of carbonyl (C=O) groups is 2. The number of hydrogen-bond acceptors (Lipinski definition) is 4. The molecule has 0 aliphatic heterocycles. The summed E-state index contributed by atoms with van der Waals surface area (Å²) in [6.07, 6.45) is 1.66. The normalized spacial score (nSPS) is 10.5. The number of ether oxygens (including phenoxy) is 2. The molecule has 0 radical (unpaired) electrons. The molecule has 0 fully saturated rings. The zero-order valence-corrected chi connectivity index (χ0v) is 16.3. The van der Waals surface area contributed by atoms with Crippen molar-refractivity contribution in [2.24, 2.45) is 0 Å². The molecule has 0 heterocycles. The summed E-state index contributed by atoms with van der Waals surface area (Å²) >= 11 is 18.0. The SMILES string of the molecule is CCCCOC(=O)c1ccccc1C(=O)OCc1c(Cl)cc(Cl)cc1Cl. The summed E-state index contributed by atoms with van der Waals surface area (Å²) in [4.78, 5) is 24.6. The van der Waals surface area contributed by atoms with Gasteiger partial charge in [0.25, 0.3) is 0 Å². The van der Waals surface area contributed by atoms with Gasteiger partial charge in [0.05, 0.1) is 27.8 Å². The molecule has 0 aliphatic carbocycles. The summed E-state index contributed by atoms with van der Waals surface area (Å²) in [5.41, 5.74) is 0.714. The van der Waals surface area contributed by atoms with Crippen molar-refractivity contribution in [1.29, 1.82) is 0 Å². The van der Waals surface area contributed by atoms with E-state index in [1.807, 2.05) is 6.92 Å². The van der Waals surface area contributed by atoms with Gasteiger partial charge in [-0.3, -0.25) is 0 Å². The van der Waals surface area contributed by atoms with Crippen molar-refractivity contribution in [2.75, 3.05) is 6.61 Å². The molecule has 7 heteroatoms. The lowest BCUT2D eigenvalue weighted by Crippen LogP contribution is -2.14. The van der Waals surface area contributed by atoms with Crippen LogP contribution in [0.25, 0.3) is 0 Å². The zero-order chi connectivity index (χ0) is 19.1. The maximum absolute atomic E-state index is 12.4. The fourth-order valence-corrected chi connectivity index (χ4v) is 3.08. The third-order valence-corrected chi connectivity index (χ3v) is 4.44. The van der Waals surface area contributed by atoms with E-state index in [-0.39, 0.29) is 17.7 Å². The highest BCUT2D eigenvalue weighted by atomic mass is 35.5. The molecule has 26 heavy (non-hydrogen) atoms. The Labute approximate surface area is 167 Å². The molecule has 0 bridgehead atoms. The molecule has 4 nitrogen and oxygen atoms in total. The van der Waals surface area contributed by atoms with Crippen LogP contribution < -0.4 is 0 Å². The molecule has 2 aromatic rings. The van der Waals surface area contributed by atoms with E-state index in [1.165, 1.54) is 24.3 Å². The minimum Gasteiger partial charge on any atom is -0.462 e. The number of unbranched alkanes of at least 4 members (excludes halogenated alkanes) is 1. The average Bonchev–Trinajstić information content (AvgIpc) is 2.60. The van der Waals surface area contributed by atoms with Crippen molar-refractivity contribution in [3.05, 3.63) is 68.2 Å². The molecule has 2 rings (SSSR count). The summed E-state index contributed by atoms with van der Waals surface area (Å²) in [7, 11) is 0. The van der Waals surface area contributed by atoms with Crippen LogP contribution in [0.2, 0.25) is 15.1 Å². The summed E-state index contributed by atoms with van der Waals surface area (Å²) < 4.78 is 10.4. The Kier molecular flexibility index (Phi) is 7.76. The second-order valence-corrected chi connectivity index (χ2v) is 6.71. The third kappa shape index (κ3) is 5.37. The average molecular weight is 416 g/mol. The number of esters is 2. The van der Waals surface area contributed by atoms with E-state index in [0.29, 0.717) is 27.2 Å². The van der Waals surface area contributed by atoms with Gasteiger partial charge in [-0.05, 0) is 30.7 Å². The molecule has 0 atom stereocenters. The van der Waals surface area contributed by atoms with E-state index in [0.717, 1.165) is 12.8 Å². The first-order valence-corrected chi connectivity index (χ1v) is 9.14. The van der Waals surface area contributed by atoms with Crippen LogP contribution in [0, 0.1) is 0 Å². The first-order valence-electron chi connectivity index (χ1n) is 8.00. The molecule has 2 aromatic carbocycles. The van der Waals surface area contributed by atoms with Gasteiger partial charge in [0.15, 0.2) is 0 Å². The third-order valence-electron chi connectivity index (χ3n) is 3.55. The molecule has 138 valence electrons. The molecule has 0 aromatic heterocycles. The second kappa shape index (κ2) is 9.81. The summed E-state index contributed by atoms with van der Waals surface area (Å²) in [5.74, 6) is -1.23. The largest absolute Gasteiger partial charge is 0.462 e. The van der Waals surface area contributed by atoms with Crippen LogP contribution in [0.5, 0.6) is 0 Å². The van der Waals surface area contributed by atoms with Gasteiger partial charge in [-0.25, -0.2) is 9.59 Å². The van der Waals surface area contributed by atoms with Crippen LogP contribution in [0.4, 0.5) is 0 Å². The maximum atomic E-state index is 12.4. The Hall–Kier alpha value is -1.75. The van der Waals surface area contributed by atoms with Gasteiger partial charge < -0.3 is 9.47 Å². The molecule has 0 aliphatic rings. The molecule has 0 N–H and O–H groups in total. The lowest BCUT2D eigenvalue weighted by molar-refractivity contribution is 0.0437. The molecular weight excluding hydrogens is 399 g/mol. The first-order chi connectivity index (χ1) is 12.4. The minimum absolute atomic E-state index is 0.121. The standard InChI is InChI=1S/C19H17Cl3O4/c1-2-3-8-25-18(23)13-6-4-5-7-14(13)19(24)26-11-15-16(21)9-12(20)10-17(15)22/h4-7,9-10H,2-3,8,11H2,1H3. The van der Waals surface area contributed by atoms with E-state index in [4.69, 9.17) is 44.3 Å².